The Morgan fingerprint density at radius 3 is 2.88 bits per heavy atom. The summed E-state index contributed by atoms with van der Waals surface area (Å²) >= 11 is 0. The largest absolute Gasteiger partial charge is 0.395 e. The molecule has 0 saturated carbocycles. The highest BCUT2D eigenvalue weighted by atomic mass is 32.2. The van der Waals surface area contributed by atoms with Gasteiger partial charge in [0.25, 0.3) is 0 Å². The third-order valence-corrected chi connectivity index (χ3v) is 3.85. The van der Waals surface area contributed by atoms with Crippen LogP contribution in [-0.4, -0.2) is 22.3 Å². The Morgan fingerprint density at radius 1 is 1.56 bits per heavy atom. The zero-order chi connectivity index (χ0) is 12.1. The predicted octanol–water partition coefficient (Wildman–Crippen LogP) is 1.98. The molecule has 0 aliphatic rings. The first-order chi connectivity index (χ1) is 7.52. The van der Waals surface area contributed by atoms with Crippen LogP contribution in [-0.2, 0) is 10.8 Å². The lowest BCUT2D eigenvalue weighted by molar-refractivity contribution is 0.632. The Morgan fingerprint density at radius 2 is 2.25 bits per heavy atom. The van der Waals surface area contributed by atoms with Crippen LogP contribution in [0.5, 0.6) is 0 Å². The molecule has 2 unspecified atom stereocenters. The van der Waals surface area contributed by atoms with Gasteiger partial charge >= 0.3 is 0 Å². The maximum atomic E-state index is 13.1. The Labute approximate surface area is 97.7 Å². The highest BCUT2D eigenvalue weighted by molar-refractivity contribution is 7.84. The first kappa shape index (κ1) is 13.0. The van der Waals surface area contributed by atoms with Crippen molar-refractivity contribution in [3.8, 4) is 0 Å². The number of nitrogens with one attached hydrogen (secondary N) is 1. The molecule has 1 rings (SSSR count). The Bertz CT molecular complexity index is 384. The Hall–Kier alpha value is -1.10. The fraction of sp³-hybridized carbons (Fsp3) is 0.455. The summed E-state index contributed by atoms with van der Waals surface area (Å²) in [6.45, 7) is 2.56. The van der Waals surface area contributed by atoms with Crippen molar-refractivity contribution in [1.29, 1.82) is 0 Å². The van der Waals surface area contributed by atoms with E-state index in [1.165, 1.54) is 6.07 Å². The van der Waals surface area contributed by atoms with E-state index in [1.54, 1.807) is 18.4 Å². The molecule has 0 amide bonds. The molecule has 5 heteroatoms. The lowest BCUT2D eigenvalue weighted by Gasteiger charge is -2.12. The van der Waals surface area contributed by atoms with Crippen LogP contribution < -0.4 is 11.1 Å². The van der Waals surface area contributed by atoms with Crippen LogP contribution >= 0.6 is 0 Å². The van der Waals surface area contributed by atoms with Gasteiger partial charge in [0.15, 0.2) is 0 Å². The zero-order valence-electron chi connectivity index (χ0n) is 9.50. The van der Waals surface area contributed by atoms with Crippen molar-refractivity contribution in [3.63, 3.8) is 0 Å². The van der Waals surface area contributed by atoms with Crippen LogP contribution in [0.2, 0.25) is 0 Å². The number of nitrogens with two attached hydrogens (primary N) is 1. The predicted molar refractivity (Wildman–Crippen MR) is 67.4 cm³/mol. The second-order valence-corrected chi connectivity index (χ2v) is 5.53. The van der Waals surface area contributed by atoms with Gasteiger partial charge in [0.05, 0.1) is 11.4 Å². The topological polar surface area (TPSA) is 55.1 Å². The van der Waals surface area contributed by atoms with E-state index in [0.717, 1.165) is 6.42 Å². The summed E-state index contributed by atoms with van der Waals surface area (Å²) in [5.41, 5.74) is 6.29. The van der Waals surface area contributed by atoms with Gasteiger partial charge < -0.3 is 11.1 Å². The summed E-state index contributed by atoms with van der Waals surface area (Å²) in [7, 11) is -0.823. The highest BCUT2D eigenvalue weighted by Crippen LogP contribution is 2.21. The molecule has 3 N–H and O–H groups in total. The maximum absolute atomic E-state index is 13.1. The number of hydrogen-bond donors (Lipinski definition) is 2. The van der Waals surface area contributed by atoms with E-state index < -0.39 is 16.6 Å². The summed E-state index contributed by atoms with van der Waals surface area (Å²) in [5, 5.41) is 3.17. The monoisotopic (exact) mass is 244 g/mol. The molecule has 90 valence electrons. The molecule has 0 aromatic heterocycles. The molecule has 3 nitrogen and oxygen atoms in total. The summed E-state index contributed by atoms with van der Waals surface area (Å²) in [6, 6.07) is 4.66. The van der Waals surface area contributed by atoms with Gasteiger partial charge in [-0.15, -0.1) is 0 Å². The van der Waals surface area contributed by atoms with E-state index in [4.69, 9.17) is 5.73 Å². The first-order valence-electron chi connectivity index (χ1n) is 5.12. The lowest BCUT2D eigenvalue weighted by atomic mass is 10.2. The number of nitrogen functional groups attached to an aromatic ring is 1. The van der Waals surface area contributed by atoms with Crippen LogP contribution in [0.15, 0.2) is 18.2 Å². The van der Waals surface area contributed by atoms with Crippen LogP contribution in [0, 0.1) is 5.82 Å². The third kappa shape index (κ3) is 3.48. The summed E-state index contributed by atoms with van der Waals surface area (Å²) in [4.78, 5) is 0. The van der Waals surface area contributed by atoms with Gasteiger partial charge in [-0.05, 0) is 18.6 Å². The van der Waals surface area contributed by atoms with Gasteiger partial charge in [-0.25, -0.2) is 4.39 Å². The Balaban J connectivity index is 2.49. The molecule has 0 bridgehead atoms. The van der Waals surface area contributed by atoms with Crippen molar-refractivity contribution >= 4 is 22.2 Å². The van der Waals surface area contributed by atoms with Crippen LogP contribution in [0.25, 0.3) is 0 Å². The summed E-state index contributed by atoms with van der Waals surface area (Å²) in [5.74, 6) is -0.419. The average molecular weight is 244 g/mol. The van der Waals surface area contributed by atoms with Crippen LogP contribution in [0.1, 0.15) is 13.3 Å². The first-order valence-corrected chi connectivity index (χ1v) is 6.74. The van der Waals surface area contributed by atoms with E-state index >= 15 is 0 Å². The second-order valence-electron chi connectivity index (χ2n) is 3.73. The minimum atomic E-state index is -0.823. The average Bonchev–Trinajstić information content (AvgIpc) is 2.24. The van der Waals surface area contributed by atoms with Crippen LogP contribution in [0.4, 0.5) is 15.8 Å². The van der Waals surface area contributed by atoms with Gasteiger partial charge in [0.1, 0.15) is 5.82 Å². The van der Waals surface area contributed by atoms with E-state index in [-0.39, 0.29) is 10.9 Å². The smallest absolute Gasteiger partial charge is 0.148 e. The van der Waals surface area contributed by atoms with Crippen molar-refractivity contribution in [3.05, 3.63) is 24.0 Å². The quantitative estimate of drug-likeness (QED) is 0.779. The Kier molecular flexibility index (Phi) is 4.73. The van der Waals surface area contributed by atoms with E-state index in [9.17, 15) is 8.60 Å². The van der Waals surface area contributed by atoms with E-state index in [2.05, 4.69) is 5.32 Å². The fourth-order valence-corrected chi connectivity index (χ4v) is 1.72. The molecule has 2 atom stereocenters. The maximum Gasteiger partial charge on any atom is 0.148 e. The number of hydrogen-bond acceptors (Lipinski definition) is 3. The van der Waals surface area contributed by atoms with E-state index in [0.29, 0.717) is 12.2 Å². The molecule has 1 aromatic rings. The summed E-state index contributed by atoms with van der Waals surface area (Å²) < 4.78 is 24.2. The van der Waals surface area contributed by atoms with Gasteiger partial charge in [-0.1, -0.05) is 13.0 Å². The van der Waals surface area contributed by atoms with E-state index in [1.807, 2.05) is 6.92 Å². The molecule has 1 aromatic carbocycles. The van der Waals surface area contributed by atoms with Crippen LogP contribution in [0.3, 0.4) is 0 Å². The van der Waals surface area contributed by atoms with Gasteiger partial charge in [-0.2, -0.15) is 0 Å². The second kappa shape index (κ2) is 5.84. The molecule has 0 fully saturated rings. The van der Waals surface area contributed by atoms with Crippen molar-refractivity contribution < 1.29 is 8.60 Å². The van der Waals surface area contributed by atoms with Gasteiger partial charge in [0, 0.05) is 28.9 Å². The van der Waals surface area contributed by atoms with Crippen molar-refractivity contribution in [2.24, 2.45) is 0 Å². The van der Waals surface area contributed by atoms with Crippen molar-refractivity contribution in [2.45, 2.75) is 18.6 Å². The molecule has 0 aliphatic carbocycles. The number of halogens is 1. The fourth-order valence-electron chi connectivity index (χ4n) is 1.27. The molecular weight excluding hydrogens is 227 g/mol. The zero-order valence-corrected chi connectivity index (χ0v) is 10.3. The standard InChI is InChI=1S/C11H17FN2OS/c1-8(16(2)15)6-7-14-10-5-3-4-9(12)11(10)13/h3-5,8,14H,6-7,13H2,1-2H3. The normalized spacial score (nSPS) is 14.4. The summed E-state index contributed by atoms with van der Waals surface area (Å²) in [6.07, 6.45) is 2.44. The molecule has 0 saturated heterocycles. The molecule has 0 spiro atoms. The number of benzene rings is 1. The van der Waals surface area contributed by atoms with Crippen molar-refractivity contribution in [2.75, 3.05) is 23.9 Å². The number of rotatable bonds is 5. The third-order valence-electron chi connectivity index (χ3n) is 2.49. The molecular formula is C11H17FN2OS. The van der Waals surface area contributed by atoms with Crippen molar-refractivity contribution in [1.82, 2.24) is 0 Å². The number of anilines is 2. The van der Waals surface area contributed by atoms with Gasteiger partial charge in [-0.3, -0.25) is 4.21 Å². The molecule has 0 heterocycles. The SMILES string of the molecule is CC(CCNc1cccc(F)c1N)S(C)=O. The van der Waals surface area contributed by atoms with Gasteiger partial charge in [0.2, 0.25) is 0 Å². The minimum absolute atomic E-state index is 0.127. The minimum Gasteiger partial charge on any atom is -0.395 e. The molecule has 0 radical (unpaired) electrons. The lowest BCUT2D eigenvalue weighted by Crippen LogP contribution is -2.15. The highest BCUT2D eigenvalue weighted by Gasteiger charge is 2.07. The number of para-hydroxylation sites is 1. The molecule has 16 heavy (non-hydrogen) atoms. The molecule has 0 aliphatic heterocycles.